The summed E-state index contributed by atoms with van der Waals surface area (Å²) in [5.41, 5.74) is 6.64. The van der Waals surface area contributed by atoms with Crippen LogP contribution in [0.3, 0.4) is 0 Å². The maximum atomic E-state index is 11.8. The fraction of sp³-hybridized carbons (Fsp3) is 0.286. The molecule has 6 aromatic rings. The minimum atomic E-state index is -0.980. The van der Waals surface area contributed by atoms with E-state index in [1.807, 2.05) is 67.5 Å². The SMILES string of the molecule is CO.COC(=O)c1ccc2nc(-c3ccc(OC)cc3)c(N(C)C(C)C)nc2c1.COc1ccc(-c2nc3ccc(C(=O)O)cc3nc2N(C)C(C)C)cc1. The van der Waals surface area contributed by atoms with Crippen molar-refractivity contribution in [2.45, 2.75) is 39.8 Å². The number of carbonyl (C=O) groups excluding carboxylic acids is 1. The molecule has 0 radical (unpaired) electrons. The van der Waals surface area contributed by atoms with Crippen LogP contribution >= 0.6 is 0 Å². The summed E-state index contributed by atoms with van der Waals surface area (Å²) in [5.74, 6) is 1.65. The quantitative estimate of drug-likeness (QED) is 0.134. The molecule has 0 bridgehead atoms. The largest absolute Gasteiger partial charge is 0.497 e. The zero-order valence-electron chi connectivity index (χ0n) is 32.9. The number of aliphatic hydroxyl groups excluding tert-OH is 1. The lowest BCUT2D eigenvalue weighted by Gasteiger charge is -2.25. The van der Waals surface area contributed by atoms with E-state index in [0.717, 1.165) is 52.5 Å². The Balaban J connectivity index is 0.000000234. The molecule has 13 heteroatoms. The molecule has 0 unspecified atom stereocenters. The predicted octanol–water partition coefficient (Wildman–Crippen LogP) is 7.39. The molecule has 0 saturated heterocycles. The van der Waals surface area contributed by atoms with E-state index in [0.29, 0.717) is 27.9 Å². The van der Waals surface area contributed by atoms with E-state index in [4.69, 9.17) is 39.3 Å². The van der Waals surface area contributed by atoms with Crippen molar-refractivity contribution in [3.05, 3.63) is 96.1 Å². The third-order valence-corrected chi connectivity index (χ3v) is 8.90. The van der Waals surface area contributed by atoms with Gasteiger partial charge in [0.15, 0.2) is 11.6 Å². The van der Waals surface area contributed by atoms with Crippen LogP contribution in [0.5, 0.6) is 11.5 Å². The molecule has 288 valence electrons. The van der Waals surface area contributed by atoms with Crippen LogP contribution in [0.2, 0.25) is 0 Å². The Morgan fingerprint density at radius 1 is 0.564 bits per heavy atom. The molecule has 13 nitrogen and oxygen atoms in total. The second kappa shape index (κ2) is 18.6. The molecule has 0 aliphatic carbocycles. The molecule has 0 atom stereocenters. The number of carbonyl (C=O) groups is 2. The summed E-state index contributed by atoms with van der Waals surface area (Å²) >= 11 is 0. The highest BCUT2D eigenvalue weighted by Gasteiger charge is 2.20. The number of esters is 1. The van der Waals surface area contributed by atoms with Gasteiger partial charge in [-0.05, 0) is 113 Å². The number of hydrogen-bond acceptors (Lipinski definition) is 12. The number of fused-ring (bicyclic) bond motifs is 2. The topological polar surface area (TPSA) is 160 Å². The van der Waals surface area contributed by atoms with E-state index < -0.39 is 11.9 Å². The highest BCUT2D eigenvalue weighted by molar-refractivity contribution is 5.95. The Bertz CT molecular complexity index is 2240. The lowest BCUT2D eigenvalue weighted by Crippen LogP contribution is -2.27. The zero-order valence-corrected chi connectivity index (χ0v) is 32.9. The molecule has 4 aromatic carbocycles. The van der Waals surface area contributed by atoms with E-state index in [2.05, 4.69) is 32.6 Å². The number of aromatic carboxylic acids is 1. The normalized spacial score (nSPS) is 10.6. The minimum Gasteiger partial charge on any atom is -0.497 e. The van der Waals surface area contributed by atoms with Crippen molar-refractivity contribution < 1.29 is 34.0 Å². The number of carboxylic acid groups (broad SMARTS) is 1. The monoisotopic (exact) mass is 748 g/mol. The van der Waals surface area contributed by atoms with Crippen LogP contribution in [-0.4, -0.2) is 96.7 Å². The predicted molar refractivity (Wildman–Crippen MR) is 217 cm³/mol. The Labute approximate surface area is 321 Å². The maximum absolute atomic E-state index is 11.8. The van der Waals surface area contributed by atoms with Crippen molar-refractivity contribution >= 4 is 45.6 Å². The van der Waals surface area contributed by atoms with Crippen molar-refractivity contribution in [3.8, 4) is 34.0 Å². The van der Waals surface area contributed by atoms with Crippen LogP contribution in [0, 0.1) is 0 Å². The smallest absolute Gasteiger partial charge is 0.337 e. The molecule has 2 aromatic heterocycles. The van der Waals surface area contributed by atoms with Crippen LogP contribution in [0.15, 0.2) is 84.9 Å². The molecule has 0 saturated carbocycles. The van der Waals surface area contributed by atoms with E-state index in [9.17, 15) is 14.7 Å². The van der Waals surface area contributed by atoms with Gasteiger partial charge < -0.3 is 34.2 Å². The van der Waals surface area contributed by atoms with Gasteiger partial charge in [-0.15, -0.1) is 0 Å². The van der Waals surface area contributed by atoms with Crippen LogP contribution in [-0.2, 0) is 4.74 Å². The van der Waals surface area contributed by atoms with Crippen molar-refractivity contribution in [2.24, 2.45) is 0 Å². The van der Waals surface area contributed by atoms with Gasteiger partial charge in [-0.25, -0.2) is 29.5 Å². The summed E-state index contributed by atoms with van der Waals surface area (Å²) in [7, 11) is 9.57. The van der Waals surface area contributed by atoms with Crippen LogP contribution in [0.4, 0.5) is 11.6 Å². The second-order valence-corrected chi connectivity index (χ2v) is 12.9. The average Bonchev–Trinajstić information content (AvgIpc) is 3.22. The number of anilines is 2. The average molecular weight is 749 g/mol. The molecule has 2 N–H and O–H groups in total. The van der Waals surface area contributed by atoms with Gasteiger partial charge in [-0.2, -0.15) is 0 Å². The highest BCUT2D eigenvalue weighted by Crippen LogP contribution is 2.33. The highest BCUT2D eigenvalue weighted by atomic mass is 16.5. The number of methoxy groups -OCH3 is 3. The van der Waals surface area contributed by atoms with Gasteiger partial charge in [0.2, 0.25) is 0 Å². The maximum Gasteiger partial charge on any atom is 0.337 e. The number of carboxylic acids is 1. The molecule has 6 rings (SSSR count). The number of nitrogens with zero attached hydrogens (tertiary/aromatic N) is 6. The Kier molecular flexibility index (Phi) is 14.0. The number of ether oxygens (including phenoxy) is 3. The molecule has 55 heavy (non-hydrogen) atoms. The van der Waals surface area contributed by atoms with E-state index in [1.54, 1.807) is 50.6 Å². The van der Waals surface area contributed by atoms with Gasteiger partial charge in [0, 0.05) is 44.4 Å². The van der Waals surface area contributed by atoms with Gasteiger partial charge in [0.1, 0.15) is 22.9 Å². The van der Waals surface area contributed by atoms with Crippen molar-refractivity contribution in [1.29, 1.82) is 0 Å². The first-order valence-electron chi connectivity index (χ1n) is 17.5. The third kappa shape index (κ3) is 9.61. The molecule has 0 amide bonds. The van der Waals surface area contributed by atoms with Gasteiger partial charge in [0.25, 0.3) is 0 Å². The molecule has 0 fully saturated rings. The van der Waals surface area contributed by atoms with Crippen molar-refractivity contribution in [2.75, 3.05) is 52.3 Å². The number of hydrogen-bond donors (Lipinski definition) is 2. The van der Waals surface area contributed by atoms with Crippen LogP contribution in [0.25, 0.3) is 44.6 Å². The molecule has 0 spiro atoms. The first-order chi connectivity index (χ1) is 26.3. The second-order valence-electron chi connectivity index (χ2n) is 12.9. The molecule has 0 aliphatic heterocycles. The zero-order chi connectivity index (χ0) is 40.4. The van der Waals surface area contributed by atoms with Crippen LogP contribution < -0.4 is 19.3 Å². The first-order valence-corrected chi connectivity index (χ1v) is 17.5. The fourth-order valence-electron chi connectivity index (χ4n) is 5.33. The molecular formula is C42H48N6O7. The van der Waals surface area contributed by atoms with Gasteiger partial charge in [0.05, 0.1) is 54.5 Å². The lowest BCUT2D eigenvalue weighted by molar-refractivity contribution is 0.0600. The molecular weight excluding hydrogens is 700 g/mol. The summed E-state index contributed by atoms with van der Waals surface area (Å²) in [6.07, 6.45) is 0. The Morgan fingerprint density at radius 2 is 0.945 bits per heavy atom. The number of aliphatic hydroxyl groups is 1. The fourth-order valence-corrected chi connectivity index (χ4v) is 5.33. The van der Waals surface area contributed by atoms with Crippen LogP contribution in [0.1, 0.15) is 48.4 Å². The van der Waals surface area contributed by atoms with Gasteiger partial charge >= 0.3 is 11.9 Å². The van der Waals surface area contributed by atoms with Crippen molar-refractivity contribution in [3.63, 3.8) is 0 Å². The Morgan fingerprint density at radius 3 is 1.29 bits per heavy atom. The Hall–Kier alpha value is -6.34. The van der Waals surface area contributed by atoms with E-state index in [-0.39, 0.29) is 17.6 Å². The number of benzene rings is 4. The third-order valence-electron chi connectivity index (χ3n) is 8.90. The van der Waals surface area contributed by atoms with E-state index in [1.165, 1.54) is 7.11 Å². The summed E-state index contributed by atoms with van der Waals surface area (Å²) in [5, 5.41) is 16.2. The number of aromatic nitrogens is 4. The summed E-state index contributed by atoms with van der Waals surface area (Å²) < 4.78 is 15.3. The lowest BCUT2D eigenvalue weighted by atomic mass is 10.1. The summed E-state index contributed by atoms with van der Waals surface area (Å²) in [6, 6.07) is 25.8. The van der Waals surface area contributed by atoms with E-state index >= 15 is 0 Å². The molecule has 0 aliphatic rings. The molecule has 2 heterocycles. The summed E-state index contributed by atoms with van der Waals surface area (Å²) in [6.45, 7) is 8.32. The standard InChI is InChI=1S/C21H23N3O3.C20H21N3O3.CH4O/c1-13(2)24(3)20-19(14-6-9-16(26-4)10-7-14)22-17-11-8-15(21(25)27-5)12-18(17)23-20;1-12(2)23(3)19-18(13-5-8-15(26-4)9-6-13)21-16-10-7-14(20(24)25)11-17(16)22-19;1-2/h6-13H,1-5H3;5-12H,1-4H3,(H,24,25);2H,1H3. The van der Waals surface area contributed by atoms with Gasteiger partial charge in [-0.1, -0.05) is 0 Å². The van der Waals surface area contributed by atoms with Crippen molar-refractivity contribution in [1.82, 2.24) is 19.9 Å². The van der Waals surface area contributed by atoms with Gasteiger partial charge in [-0.3, -0.25) is 0 Å². The minimum absolute atomic E-state index is 0.196. The summed E-state index contributed by atoms with van der Waals surface area (Å²) in [4.78, 5) is 46.3. The number of rotatable bonds is 10. The first kappa shape index (κ1) is 41.4.